The number of fused-ring (bicyclic) bond motifs is 3. The van der Waals surface area contributed by atoms with Crippen molar-refractivity contribution in [2.45, 2.75) is 13.0 Å². The first kappa shape index (κ1) is 17.7. The molecule has 0 spiro atoms. The molecular weight excluding hydrogens is 348 g/mol. The first-order valence-corrected chi connectivity index (χ1v) is 9.16. The molecule has 0 aliphatic carbocycles. The number of hydrogen-bond acceptors (Lipinski definition) is 6. The number of aromatic nitrogens is 2. The van der Waals surface area contributed by atoms with Gasteiger partial charge in [-0.2, -0.15) is 0 Å². The minimum absolute atomic E-state index is 0.0730. The number of carbonyl (C=O) groups is 1. The van der Waals surface area contributed by atoms with Gasteiger partial charge in [-0.3, -0.25) is 19.1 Å². The molecule has 8 nitrogen and oxygen atoms in total. The second kappa shape index (κ2) is 7.89. The summed E-state index contributed by atoms with van der Waals surface area (Å²) in [6.45, 7) is 4.84. The number of morpholine rings is 1. The molecule has 0 radical (unpaired) electrons. The van der Waals surface area contributed by atoms with Gasteiger partial charge in [0.15, 0.2) is 0 Å². The minimum atomic E-state index is -0.348. The van der Waals surface area contributed by atoms with Crippen LogP contribution in [0.2, 0.25) is 0 Å². The Labute approximate surface area is 155 Å². The fraction of sp³-hybridized carbons (Fsp3) is 0.421. The Bertz CT molecular complexity index is 1000. The molecular formula is C19H22N4O4. The summed E-state index contributed by atoms with van der Waals surface area (Å²) in [5.41, 5.74) is 0.971. The molecule has 142 valence electrons. The smallest absolute Gasteiger partial charge is 0.297 e. The van der Waals surface area contributed by atoms with Gasteiger partial charge in [-0.15, -0.1) is 0 Å². The molecule has 1 aliphatic rings. The zero-order valence-corrected chi connectivity index (χ0v) is 15.0. The summed E-state index contributed by atoms with van der Waals surface area (Å²) in [6, 6.07) is 7.36. The molecule has 1 amide bonds. The van der Waals surface area contributed by atoms with Crippen molar-refractivity contribution in [2.75, 3.05) is 39.4 Å². The number of ether oxygens (including phenoxy) is 1. The number of benzene rings is 1. The molecule has 27 heavy (non-hydrogen) atoms. The standard InChI is InChI=1S/C19H22N4O4/c24-16(20-6-3-7-22-8-10-26-11-9-22)12-23-13-21-17-14-4-1-2-5-15(14)27-18(17)19(23)25/h1-2,4-5,13H,3,6-12H2,(H,20,24). The number of furan rings is 1. The van der Waals surface area contributed by atoms with Gasteiger partial charge in [-0.25, -0.2) is 4.98 Å². The van der Waals surface area contributed by atoms with E-state index in [1.165, 1.54) is 10.9 Å². The maximum absolute atomic E-state index is 12.6. The lowest BCUT2D eigenvalue weighted by molar-refractivity contribution is -0.121. The number of amides is 1. The van der Waals surface area contributed by atoms with Crippen molar-refractivity contribution in [1.82, 2.24) is 19.8 Å². The fourth-order valence-corrected chi connectivity index (χ4v) is 3.29. The lowest BCUT2D eigenvalue weighted by atomic mass is 10.2. The normalized spacial score (nSPS) is 15.4. The maximum atomic E-state index is 12.6. The van der Waals surface area contributed by atoms with E-state index < -0.39 is 0 Å². The predicted molar refractivity (Wildman–Crippen MR) is 101 cm³/mol. The molecule has 8 heteroatoms. The highest BCUT2D eigenvalue weighted by Crippen LogP contribution is 2.23. The van der Waals surface area contributed by atoms with E-state index in [4.69, 9.17) is 9.15 Å². The van der Waals surface area contributed by atoms with E-state index >= 15 is 0 Å². The van der Waals surface area contributed by atoms with Crippen molar-refractivity contribution in [3.63, 3.8) is 0 Å². The third-order valence-electron chi connectivity index (χ3n) is 4.74. The number of hydrogen-bond donors (Lipinski definition) is 1. The molecule has 1 aliphatic heterocycles. The molecule has 2 aromatic heterocycles. The van der Waals surface area contributed by atoms with Crippen LogP contribution in [0.15, 0.2) is 39.8 Å². The summed E-state index contributed by atoms with van der Waals surface area (Å²) in [5.74, 6) is -0.212. The van der Waals surface area contributed by atoms with Crippen LogP contribution in [-0.2, 0) is 16.1 Å². The molecule has 1 aromatic carbocycles. The monoisotopic (exact) mass is 370 g/mol. The number of rotatable bonds is 6. The van der Waals surface area contributed by atoms with Crippen LogP contribution in [0.25, 0.3) is 22.1 Å². The topological polar surface area (TPSA) is 89.6 Å². The van der Waals surface area contributed by atoms with Gasteiger partial charge < -0.3 is 14.5 Å². The molecule has 1 fully saturated rings. The minimum Gasteiger partial charge on any atom is -0.448 e. The highest BCUT2D eigenvalue weighted by molar-refractivity contribution is 6.01. The number of nitrogens with one attached hydrogen (secondary N) is 1. The molecule has 4 rings (SSSR count). The quantitative estimate of drug-likeness (QED) is 0.651. The largest absolute Gasteiger partial charge is 0.448 e. The van der Waals surface area contributed by atoms with E-state index in [2.05, 4.69) is 15.2 Å². The average molecular weight is 370 g/mol. The first-order valence-electron chi connectivity index (χ1n) is 9.16. The van der Waals surface area contributed by atoms with Gasteiger partial charge in [-0.1, -0.05) is 12.1 Å². The van der Waals surface area contributed by atoms with Crippen LogP contribution < -0.4 is 10.9 Å². The van der Waals surface area contributed by atoms with Crippen LogP contribution in [0.4, 0.5) is 0 Å². The van der Waals surface area contributed by atoms with Crippen LogP contribution in [-0.4, -0.2) is 59.8 Å². The maximum Gasteiger partial charge on any atom is 0.297 e. The van der Waals surface area contributed by atoms with E-state index in [0.717, 1.165) is 44.7 Å². The Morgan fingerprint density at radius 1 is 1.22 bits per heavy atom. The van der Waals surface area contributed by atoms with Gasteiger partial charge in [-0.05, 0) is 25.1 Å². The van der Waals surface area contributed by atoms with Crippen LogP contribution in [0.5, 0.6) is 0 Å². The lowest BCUT2D eigenvalue weighted by Gasteiger charge is -2.26. The van der Waals surface area contributed by atoms with Crippen LogP contribution in [0, 0.1) is 0 Å². The van der Waals surface area contributed by atoms with Crippen molar-refractivity contribution in [2.24, 2.45) is 0 Å². The third kappa shape index (κ3) is 3.86. The molecule has 1 N–H and O–H groups in total. The van der Waals surface area contributed by atoms with E-state index in [1.54, 1.807) is 6.07 Å². The molecule has 1 saturated heterocycles. The van der Waals surface area contributed by atoms with Crippen LogP contribution >= 0.6 is 0 Å². The summed E-state index contributed by atoms with van der Waals surface area (Å²) >= 11 is 0. The van der Waals surface area contributed by atoms with Gasteiger partial charge in [0.2, 0.25) is 11.5 Å². The van der Waals surface area contributed by atoms with Crippen molar-refractivity contribution in [1.29, 1.82) is 0 Å². The van der Waals surface area contributed by atoms with Gasteiger partial charge in [0.05, 0.1) is 19.5 Å². The Morgan fingerprint density at radius 2 is 2.04 bits per heavy atom. The second-order valence-corrected chi connectivity index (χ2v) is 6.61. The van der Waals surface area contributed by atoms with Gasteiger partial charge in [0, 0.05) is 25.0 Å². The molecule has 3 aromatic rings. The lowest BCUT2D eigenvalue weighted by Crippen LogP contribution is -2.38. The highest BCUT2D eigenvalue weighted by Gasteiger charge is 2.14. The number of nitrogens with zero attached hydrogens (tertiary/aromatic N) is 3. The van der Waals surface area contributed by atoms with Crippen molar-refractivity contribution >= 4 is 28.0 Å². The van der Waals surface area contributed by atoms with Crippen molar-refractivity contribution < 1.29 is 13.9 Å². The van der Waals surface area contributed by atoms with E-state index in [0.29, 0.717) is 17.6 Å². The van der Waals surface area contributed by atoms with Crippen molar-refractivity contribution in [3.8, 4) is 0 Å². The summed E-state index contributed by atoms with van der Waals surface area (Å²) in [6.07, 6.45) is 2.27. The van der Waals surface area contributed by atoms with Gasteiger partial charge in [0.1, 0.15) is 17.6 Å². The fourth-order valence-electron chi connectivity index (χ4n) is 3.29. The number of carbonyl (C=O) groups excluding carboxylic acids is 1. The molecule has 3 heterocycles. The highest BCUT2D eigenvalue weighted by atomic mass is 16.5. The first-order chi connectivity index (χ1) is 13.2. The Balaban J connectivity index is 1.36. The second-order valence-electron chi connectivity index (χ2n) is 6.61. The van der Waals surface area contributed by atoms with Crippen LogP contribution in [0.3, 0.4) is 0 Å². The summed E-state index contributed by atoms with van der Waals surface area (Å²) in [7, 11) is 0. The Morgan fingerprint density at radius 3 is 2.89 bits per heavy atom. The molecule has 0 unspecified atom stereocenters. The molecule has 0 saturated carbocycles. The SMILES string of the molecule is O=C(Cn1cnc2c(oc3ccccc32)c1=O)NCCCN1CCOCC1. The van der Waals surface area contributed by atoms with E-state index in [1.807, 2.05) is 18.2 Å². The predicted octanol–water partition coefficient (Wildman–Crippen LogP) is 0.981. The summed E-state index contributed by atoms with van der Waals surface area (Å²) in [5, 5.41) is 3.65. The number of para-hydroxylation sites is 1. The van der Waals surface area contributed by atoms with E-state index in [-0.39, 0.29) is 23.6 Å². The zero-order valence-electron chi connectivity index (χ0n) is 15.0. The average Bonchev–Trinajstić information content (AvgIpc) is 3.08. The molecule has 0 bridgehead atoms. The van der Waals surface area contributed by atoms with Gasteiger partial charge in [0.25, 0.3) is 5.56 Å². The summed E-state index contributed by atoms with van der Waals surface area (Å²) in [4.78, 5) is 31.4. The Hall–Kier alpha value is -2.71. The van der Waals surface area contributed by atoms with Gasteiger partial charge >= 0.3 is 0 Å². The third-order valence-corrected chi connectivity index (χ3v) is 4.74. The van der Waals surface area contributed by atoms with E-state index in [9.17, 15) is 9.59 Å². The Kier molecular flexibility index (Phi) is 5.17. The zero-order chi connectivity index (χ0) is 18.6. The van der Waals surface area contributed by atoms with Crippen LogP contribution in [0.1, 0.15) is 6.42 Å². The molecule has 0 atom stereocenters. The van der Waals surface area contributed by atoms with Crippen molar-refractivity contribution in [3.05, 3.63) is 40.9 Å². The summed E-state index contributed by atoms with van der Waals surface area (Å²) < 4.78 is 12.2.